The molecular formula is C24H32N2O5S. The zero-order valence-electron chi connectivity index (χ0n) is 19.1. The van der Waals surface area contributed by atoms with Crippen molar-refractivity contribution in [2.45, 2.75) is 38.1 Å². The number of morpholine rings is 1. The highest BCUT2D eigenvalue weighted by molar-refractivity contribution is 7.89. The van der Waals surface area contributed by atoms with E-state index < -0.39 is 10.0 Å². The van der Waals surface area contributed by atoms with Crippen molar-refractivity contribution in [1.29, 1.82) is 0 Å². The van der Waals surface area contributed by atoms with E-state index in [1.807, 2.05) is 31.2 Å². The third-order valence-electron chi connectivity index (χ3n) is 5.59. The van der Waals surface area contributed by atoms with Crippen LogP contribution < -0.4 is 10.1 Å². The monoisotopic (exact) mass is 460 g/mol. The molecule has 1 atom stereocenters. The van der Waals surface area contributed by atoms with Crippen molar-refractivity contribution in [2.24, 2.45) is 5.92 Å². The summed E-state index contributed by atoms with van der Waals surface area (Å²) in [6.07, 6.45) is 0.753. The number of sulfonamides is 1. The molecule has 0 saturated carbocycles. The standard InChI is InChI=1S/C24H32N2O5S/c1-17(2)15-23(19-6-8-20(30-4)9-7-19)25-24(27)22-16-21(10-5-18(22)3)32(28,29)26-11-13-31-14-12-26/h5-10,16-17,23H,11-15H2,1-4H3,(H,25,27)/t23-/m1/s1. The Hall–Kier alpha value is -2.42. The molecule has 3 rings (SSSR count). The first-order valence-electron chi connectivity index (χ1n) is 10.9. The first-order chi connectivity index (χ1) is 15.2. The van der Waals surface area contributed by atoms with Crippen LogP contribution in [0.5, 0.6) is 5.75 Å². The number of amides is 1. The van der Waals surface area contributed by atoms with E-state index in [2.05, 4.69) is 19.2 Å². The molecule has 0 radical (unpaired) electrons. The van der Waals surface area contributed by atoms with Gasteiger partial charge in [0.25, 0.3) is 5.91 Å². The van der Waals surface area contributed by atoms with Crippen LogP contribution in [0.4, 0.5) is 0 Å². The van der Waals surface area contributed by atoms with E-state index in [0.29, 0.717) is 37.8 Å². The highest BCUT2D eigenvalue weighted by Gasteiger charge is 2.28. The molecule has 0 bridgehead atoms. The zero-order chi connectivity index (χ0) is 23.3. The van der Waals surface area contributed by atoms with Gasteiger partial charge in [-0.1, -0.05) is 32.0 Å². The summed E-state index contributed by atoms with van der Waals surface area (Å²) in [5.41, 5.74) is 2.06. The largest absolute Gasteiger partial charge is 0.497 e. The second kappa shape index (κ2) is 10.5. The minimum absolute atomic E-state index is 0.125. The van der Waals surface area contributed by atoms with E-state index in [1.165, 1.54) is 10.4 Å². The number of ether oxygens (including phenoxy) is 2. The SMILES string of the molecule is COc1ccc([C@@H](CC(C)C)NC(=O)c2cc(S(=O)(=O)N3CCOCC3)ccc2C)cc1. The van der Waals surface area contributed by atoms with Crippen LogP contribution in [0.3, 0.4) is 0 Å². The minimum Gasteiger partial charge on any atom is -0.497 e. The first kappa shape index (κ1) is 24.2. The molecular weight excluding hydrogens is 428 g/mol. The number of hydrogen-bond acceptors (Lipinski definition) is 5. The molecule has 1 aliphatic heterocycles. The normalized spacial score (nSPS) is 16.0. The summed E-state index contributed by atoms with van der Waals surface area (Å²) in [5, 5.41) is 3.11. The Morgan fingerprint density at radius 2 is 1.78 bits per heavy atom. The van der Waals surface area contributed by atoms with E-state index in [4.69, 9.17) is 9.47 Å². The Balaban J connectivity index is 1.86. The van der Waals surface area contributed by atoms with Gasteiger partial charge in [-0.25, -0.2) is 8.42 Å². The van der Waals surface area contributed by atoms with Crippen LogP contribution in [-0.4, -0.2) is 52.0 Å². The molecule has 1 saturated heterocycles. The lowest BCUT2D eigenvalue weighted by Gasteiger charge is -2.26. The van der Waals surface area contributed by atoms with Crippen molar-refractivity contribution >= 4 is 15.9 Å². The van der Waals surface area contributed by atoms with E-state index in [1.54, 1.807) is 19.2 Å². The van der Waals surface area contributed by atoms with Gasteiger partial charge in [0.05, 0.1) is 31.3 Å². The molecule has 1 aliphatic rings. The molecule has 2 aromatic carbocycles. The van der Waals surface area contributed by atoms with Gasteiger partial charge in [-0.3, -0.25) is 4.79 Å². The van der Waals surface area contributed by atoms with Crippen LogP contribution in [0, 0.1) is 12.8 Å². The molecule has 32 heavy (non-hydrogen) atoms. The van der Waals surface area contributed by atoms with Gasteiger partial charge in [-0.2, -0.15) is 4.31 Å². The van der Waals surface area contributed by atoms with Crippen LogP contribution in [0.2, 0.25) is 0 Å². The Morgan fingerprint density at radius 1 is 1.12 bits per heavy atom. The number of nitrogens with one attached hydrogen (secondary N) is 1. The number of rotatable bonds is 8. The maximum absolute atomic E-state index is 13.2. The van der Waals surface area contributed by atoms with Gasteiger partial charge in [0.15, 0.2) is 0 Å². The molecule has 7 nitrogen and oxygen atoms in total. The second-order valence-electron chi connectivity index (χ2n) is 8.42. The molecule has 1 amide bonds. The Bertz CT molecular complexity index is 1030. The van der Waals surface area contributed by atoms with E-state index in [9.17, 15) is 13.2 Å². The quantitative estimate of drug-likeness (QED) is 0.651. The number of carbonyl (C=O) groups excluding carboxylic acids is 1. The number of carbonyl (C=O) groups is 1. The summed E-state index contributed by atoms with van der Waals surface area (Å²) in [6.45, 7) is 7.38. The molecule has 8 heteroatoms. The first-order valence-corrected chi connectivity index (χ1v) is 12.3. The summed E-state index contributed by atoms with van der Waals surface area (Å²) in [6, 6.07) is 12.2. The number of benzene rings is 2. The fourth-order valence-electron chi connectivity index (χ4n) is 3.76. The predicted molar refractivity (Wildman–Crippen MR) is 123 cm³/mol. The third kappa shape index (κ3) is 5.68. The lowest BCUT2D eigenvalue weighted by atomic mass is 9.96. The molecule has 1 N–H and O–H groups in total. The van der Waals surface area contributed by atoms with Crippen LogP contribution in [0.15, 0.2) is 47.4 Å². The Morgan fingerprint density at radius 3 is 2.38 bits per heavy atom. The average Bonchev–Trinajstić information content (AvgIpc) is 2.79. The summed E-state index contributed by atoms with van der Waals surface area (Å²) in [5.74, 6) is 0.819. The van der Waals surface area contributed by atoms with Gasteiger partial charge in [0.2, 0.25) is 10.0 Å². The van der Waals surface area contributed by atoms with Crippen LogP contribution in [-0.2, 0) is 14.8 Å². The number of nitrogens with zero attached hydrogens (tertiary/aromatic N) is 1. The second-order valence-corrected chi connectivity index (χ2v) is 10.4. The van der Waals surface area contributed by atoms with Crippen LogP contribution >= 0.6 is 0 Å². The fraction of sp³-hybridized carbons (Fsp3) is 0.458. The summed E-state index contributed by atoms with van der Waals surface area (Å²) < 4.78 is 38.0. The smallest absolute Gasteiger partial charge is 0.252 e. The van der Waals surface area contributed by atoms with E-state index in [-0.39, 0.29) is 16.8 Å². The van der Waals surface area contributed by atoms with E-state index in [0.717, 1.165) is 23.3 Å². The van der Waals surface area contributed by atoms with Gasteiger partial charge in [-0.15, -0.1) is 0 Å². The summed E-state index contributed by atoms with van der Waals surface area (Å²) in [4.78, 5) is 13.4. The Labute approximate surface area is 190 Å². The van der Waals surface area contributed by atoms with Crippen molar-refractivity contribution in [3.05, 3.63) is 59.2 Å². The molecule has 0 spiro atoms. The van der Waals surface area contributed by atoms with Crippen molar-refractivity contribution in [2.75, 3.05) is 33.4 Å². The molecule has 0 unspecified atom stereocenters. The molecule has 1 fully saturated rings. The van der Waals surface area contributed by atoms with Crippen LogP contribution in [0.1, 0.15) is 47.8 Å². The summed E-state index contributed by atoms with van der Waals surface area (Å²) in [7, 11) is -2.07. The molecule has 0 aromatic heterocycles. The highest BCUT2D eigenvalue weighted by atomic mass is 32.2. The van der Waals surface area contributed by atoms with Crippen molar-refractivity contribution < 1.29 is 22.7 Å². The fourth-order valence-corrected chi connectivity index (χ4v) is 5.20. The number of hydrogen-bond donors (Lipinski definition) is 1. The van der Waals surface area contributed by atoms with Crippen LogP contribution in [0.25, 0.3) is 0 Å². The average molecular weight is 461 g/mol. The molecule has 174 valence electrons. The van der Waals surface area contributed by atoms with Crippen molar-refractivity contribution in [1.82, 2.24) is 9.62 Å². The maximum atomic E-state index is 13.2. The van der Waals surface area contributed by atoms with Gasteiger partial charge in [-0.05, 0) is 54.7 Å². The lowest BCUT2D eigenvalue weighted by Crippen LogP contribution is -2.40. The van der Waals surface area contributed by atoms with Crippen molar-refractivity contribution in [3.63, 3.8) is 0 Å². The third-order valence-corrected chi connectivity index (χ3v) is 7.49. The van der Waals surface area contributed by atoms with Gasteiger partial charge < -0.3 is 14.8 Å². The summed E-state index contributed by atoms with van der Waals surface area (Å²) >= 11 is 0. The number of methoxy groups -OCH3 is 1. The molecule has 0 aliphatic carbocycles. The molecule has 2 aromatic rings. The Kier molecular flexibility index (Phi) is 7.92. The van der Waals surface area contributed by atoms with Gasteiger partial charge in [0, 0.05) is 18.7 Å². The lowest BCUT2D eigenvalue weighted by molar-refractivity contribution is 0.0730. The van der Waals surface area contributed by atoms with Gasteiger partial charge >= 0.3 is 0 Å². The predicted octanol–water partition coefficient (Wildman–Crippen LogP) is 3.54. The van der Waals surface area contributed by atoms with Gasteiger partial charge in [0.1, 0.15) is 5.75 Å². The van der Waals surface area contributed by atoms with Crippen molar-refractivity contribution in [3.8, 4) is 5.75 Å². The zero-order valence-corrected chi connectivity index (χ0v) is 19.9. The highest BCUT2D eigenvalue weighted by Crippen LogP contribution is 2.26. The molecule has 1 heterocycles. The topological polar surface area (TPSA) is 84.9 Å². The minimum atomic E-state index is -3.68. The maximum Gasteiger partial charge on any atom is 0.252 e. The number of aryl methyl sites for hydroxylation is 1. The van der Waals surface area contributed by atoms with E-state index >= 15 is 0 Å².